The molecule has 2 rings (SSSR count). The van der Waals surface area contributed by atoms with Crippen molar-refractivity contribution >= 4 is 0 Å². The fourth-order valence-electron chi connectivity index (χ4n) is 1.54. The molecule has 1 aliphatic heterocycles. The van der Waals surface area contributed by atoms with Crippen LogP contribution in [-0.4, -0.2) is 13.2 Å². The van der Waals surface area contributed by atoms with Crippen LogP contribution >= 0.6 is 0 Å². The van der Waals surface area contributed by atoms with Gasteiger partial charge in [-0.1, -0.05) is 18.2 Å². The number of hydrogen-bond donors (Lipinski definition) is 1. The number of para-hydroxylation sites is 1. The maximum atomic E-state index is 5.58. The van der Waals surface area contributed by atoms with Crippen molar-refractivity contribution in [3.05, 3.63) is 29.8 Å². The minimum Gasteiger partial charge on any atom is -0.493 e. The summed E-state index contributed by atoms with van der Waals surface area (Å²) < 4.78 is 5.55. The summed E-state index contributed by atoms with van der Waals surface area (Å²) in [7, 11) is 0. The Morgan fingerprint density at radius 3 is 3.08 bits per heavy atom. The van der Waals surface area contributed by atoms with Gasteiger partial charge in [0, 0.05) is 5.92 Å². The van der Waals surface area contributed by atoms with Crippen molar-refractivity contribution < 1.29 is 4.74 Å². The first-order chi connectivity index (χ1) is 5.90. The number of ether oxygens (including phenoxy) is 1. The van der Waals surface area contributed by atoms with Crippen LogP contribution in [0.5, 0.6) is 5.75 Å². The van der Waals surface area contributed by atoms with Crippen LogP contribution in [0.15, 0.2) is 24.3 Å². The third kappa shape index (κ3) is 1.30. The van der Waals surface area contributed by atoms with E-state index in [9.17, 15) is 0 Å². The van der Waals surface area contributed by atoms with Crippen molar-refractivity contribution in [1.82, 2.24) is 0 Å². The number of rotatable bonds is 1. The smallest absolute Gasteiger partial charge is 0.122 e. The predicted octanol–water partition coefficient (Wildman–Crippen LogP) is 1.20. The van der Waals surface area contributed by atoms with Crippen molar-refractivity contribution in [3.8, 4) is 5.75 Å². The molecule has 0 spiro atoms. The van der Waals surface area contributed by atoms with Gasteiger partial charge < -0.3 is 10.5 Å². The topological polar surface area (TPSA) is 35.2 Å². The van der Waals surface area contributed by atoms with Gasteiger partial charge in [0.25, 0.3) is 0 Å². The van der Waals surface area contributed by atoms with Crippen molar-refractivity contribution in [1.29, 1.82) is 0 Å². The highest BCUT2D eigenvalue weighted by atomic mass is 16.5. The largest absolute Gasteiger partial charge is 0.493 e. The van der Waals surface area contributed by atoms with Crippen molar-refractivity contribution in [2.45, 2.75) is 6.42 Å². The molecule has 2 nitrogen and oxygen atoms in total. The first kappa shape index (κ1) is 7.62. The molecule has 2 N–H and O–H groups in total. The van der Waals surface area contributed by atoms with Crippen LogP contribution in [0.2, 0.25) is 0 Å². The Hall–Kier alpha value is -1.02. The minimum atomic E-state index is 0.500. The van der Waals surface area contributed by atoms with E-state index in [0.717, 1.165) is 18.8 Å². The van der Waals surface area contributed by atoms with E-state index in [0.29, 0.717) is 12.5 Å². The lowest BCUT2D eigenvalue weighted by Crippen LogP contribution is -2.27. The van der Waals surface area contributed by atoms with Crippen molar-refractivity contribution in [2.24, 2.45) is 11.7 Å². The van der Waals surface area contributed by atoms with Gasteiger partial charge in [-0.05, 0) is 24.6 Å². The monoisotopic (exact) mass is 163 g/mol. The van der Waals surface area contributed by atoms with Crippen molar-refractivity contribution in [2.75, 3.05) is 13.2 Å². The lowest BCUT2D eigenvalue weighted by atomic mass is 9.97. The van der Waals surface area contributed by atoms with Crippen LogP contribution in [0, 0.1) is 5.92 Å². The first-order valence-electron chi connectivity index (χ1n) is 4.31. The Labute approximate surface area is 72.3 Å². The van der Waals surface area contributed by atoms with E-state index < -0.39 is 0 Å². The van der Waals surface area contributed by atoms with E-state index in [1.165, 1.54) is 5.56 Å². The van der Waals surface area contributed by atoms with Gasteiger partial charge in [-0.15, -0.1) is 0 Å². The molecule has 1 atom stereocenters. The van der Waals surface area contributed by atoms with Crippen LogP contribution < -0.4 is 10.5 Å². The molecule has 0 amide bonds. The lowest BCUT2D eigenvalue weighted by Gasteiger charge is -2.23. The van der Waals surface area contributed by atoms with Gasteiger partial charge in [-0.3, -0.25) is 0 Å². The Balaban J connectivity index is 2.23. The number of fused-ring (bicyclic) bond motifs is 1. The zero-order chi connectivity index (χ0) is 8.39. The maximum absolute atomic E-state index is 5.58. The highest BCUT2D eigenvalue weighted by Gasteiger charge is 2.17. The zero-order valence-corrected chi connectivity index (χ0v) is 6.99. The molecule has 1 aromatic carbocycles. The van der Waals surface area contributed by atoms with E-state index in [1.54, 1.807) is 0 Å². The summed E-state index contributed by atoms with van der Waals surface area (Å²) in [5, 5.41) is 0. The molecule has 0 saturated carbocycles. The average molecular weight is 163 g/mol. The normalized spacial score (nSPS) is 21.2. The number of nitrogens with two attached hydrogens (primary N) is 1. The molecule has 0 fully saturated rings. The molecule has 0 aromatic heterocycles. The van der Waals surface area contributed by atoms with Gasteiger partial charge in [0.2, 0.25) is 0 Å². The van der Waals surface area contributed by atoms with Gasteiger partial charge in [0.05, 0.1) is 6.61 Å². The molecule has 0 aliphatic carbocycles. The summed E-state index contributed by atoms with van der Waals surface area (Å²) in [6.07, 6.45) is 1.06. The molecule has 1 aromatic rings. The van der Waals surface area contributed by atoms with E-state index in [-0.39, 0.29) is 0 Å². The summed E-state index contributed by atoms with van der Waals surface area (Å²) in [4.78, 5) is 0. The maximum Gasteiger partial charge on any atom is 0.122 e. The second-order valence-corrected chi connectivity index (χ2v) is 3.22. The Morgan fingerprint density at radius 2 is 2.25 bits per heavy atom. The molecule has 1 aliphatic rings. The van der Waals surface area contributed by atoms with Crippen LogP contribution in [0.3, 0.4) is 0 Å². The number of benzene rings is 1. The van der Waals surface area contributed by atoms with E-state index >= 15 is 0 Å². The molecular formula is C10H13NO. The molecule has 12 heavy (non-hydrogen) atoms. The first-order valence-corrected chi connectivity index (χ1v) is 4.31. The Kier molecular flexibility index (Phi) is 2.00. The Bertz CT molecular complexity index is 272. The van der Waals surface area contributed by atoms with Gasteiger partial charge in [0.15, 0.2) is 0 Å². The average Bonchev–Trinajstić information content (AvgIpc) is 2.17. The van der Waals surface area contributed by atoms with Gasteiger partial charge in [-0.25, -0.2) is 0 Å². The summed E-state index contributed by atoms with van der Waals surface area (Å²) >= 11 is 0. The van der Waals surface area contributed by atoms with Crippen LogP contribution in [0.4, 0.5) is 0 Å². The van der Waals surface area contributed by atoms with E-state index in [2.05, 4.69) is 6.07 Å². The fraction of sp³-hybridized carbons (Fsp3) is 0.400. The summed E-state index contributed by atoms with van der Waals surface area (Å²) in [5.41, 5.74) is 6.87. The SMILES string of the molecule is NC[C@@H]1COc2ccccc2C1. The van der Waals surface area contributed by atoms with Crippen molar-refractivity contribution in [3.63, 3.8) is 0 Å². The lowest BCUT2D eigenvalue weighted by molar-refractivity contribution is 0.226. The molecule has 0 radical (unpaired) electrons. The zero-order valence-electron chi connectivity index (χ0n) is 6.99. The molecule has 0 unspecified atom stereocenters. The molecule has 1 heterocycles. The Morgan fingerprint density at radius 1 is 1.42 bits per heavy atom. The van der Waals surface area contributed by atoms with E-state index in [1.807, 2.05) is 18.2 Å². The third-order valence-corrected chi connectivity index (χ3v) is 2.29. The van der Waals surface area contributed by atoms with Gasteiger partial charge in [0.1, 0.15) is 5.75 Å². The minimum absolute atomic E-state index is 0.500. The predicted molar refractivity (Wildman–Crippen MR) is 48.2 cm³/mol. The number of hydrogen-bond acceptors (Lipinski definition) is 2. The van der Waals surface area contributed by atoms with Crippen LogP contribution in [0.25, 0.3) is 0 Å². The fourth-order valence-corrected chi connectivity index (χ4v) is 1.54. The quantitative estimate of drug-likeness (QED) is 0.675. The van der Waals surface area contributed by atoms with E-state index in [4.69, 9.17) is 10.5 Å². The second-order valence-electron chi connectivity index (χ2n) is 3.22. The molecular weight excluding hydrogens is 150 g/mol. The van der Waals surface area contributed by atoms with Crippen LogP contribution in [-0.2, 0) is 6.42 Å². The molecule has 64 valence electrons. The second kappa shape index (κ2) is 3.15. The molecule has 0 bridgehead atoms. The summed E-state index contributed by atoms with van der Waals surface area (Å²) in [6.45, 7) is 1.49. The standard InChI is InChI=1S/C10H13NO/c11-6-8-5-9-3-1-2-4-10(9)12-7-8/h1-4,8H,5-7,11H2/t8-/m1/s1. The molecule has 0 saturated heterocycles. The van der Waals surface area contributed by atoms with Crippen LogP contribution in [0.1, 0.15) is 5.56 Å². The van der Waals surface area contributed by atoms with Gasteiger partial charge >= 0.3 is 0 Å². The summed E-state index contributed by atoms with van der Waals surface area (Å²) in [6, 6.07) is 8.17. The third-order valence-electron chi connectivity index (χ3n) is 2.29. The highest BCUT2D eigenvalue weighted by Crippen LogP contribution is 2.25. The summed E-state index contributed by atoms with van der Waals surface area (Å²) in [5.74, 6) is 1.53. The highest BCUT2D eigenvalue weighted by molar-refractivity contribution is 5.35. The van der Waals surface area contributed by atoms with Gasteiger partial charge in [-0.2, -0.15) is 0 Å². The molecule has 2 heteroatoms.